The summed E-state index contributed by atoms with van der Waals surface area (Å²) in [6.45, 7) is 0.582. The van der Waals surface area contributed by atoms with Gasteiger partial charge in [-0.25, -0.2) is 8.78 Å². The van der Waals surface area contributed by atoms with Crippen molar-refractivity contribution in [3.63, 3.8) is 0 Å². The van der Waals surface area contributed by atoms with Gasteiger partial charge in [0.25, 0.3) is 0 Å². The van der Waals surface area contributed by atoms with E-state index in [0.29, 0.717) is 25.1 Å². The normalized spacial score (nSPS) is 9.50. The van der Waals surface area contributed by atoms with E-state index in [1.54, 1.807) is 0 Å². The van der Waals surface area contributed by atoms with Crippen molar-refractivity contribution < 1.29 is 8.78 Å². The van der Waals surface area contributed by atoms with Crippen LogP contribution < -0.4 is 5.32 Å². The van der Waals surface area contributed by atoms with E-state index >= 15 is 0 Å². The summed E-state index contributed by atoms with van der Waals surface area (Å²) >= 11 is 0. The number of nitrogens with zero attached hydrogens (tertiary/aromatic N) is 1. The Morgan fingerprint density at radius 2 is 2.07 bits per heavy atom. The molecule has 0 amide bonds. The summed E-state index contributed by atoms with van der Waals surface area (Å²) in [4.78, 5) is 0. The van der Waals surface area contributed by atoms with E-state index in [9.17, 15) is 8.78 Å². The molecule has 1 rings (SSSR count). The van der Waals surface area contributed by atoms with Crippen LogP contribution >= 0.6 is 0 Å². The fourth-order valence-electron chi connectivity index (χ4n) is 1.01. The van der Waals surface area contributed by atoms with Gasteiger partial charge in [0.2, 0.25) is 0 Å². The van der Waals surface area contributed by atoms with Crippen molar-refractivity contribution >= 4 is 5.69 Å². The second-order valence-corrected chi connectivity index (χ2v) is 2.82. The van der Waals surface area contributed by atoms with Gasteiger partial charge < -0.3 is 5.32 Å². The van der Waals surface area contributed by atoms with Gasteiger partial charge in [-0.1, -0.05) is 0 Å². The summed E-state index contributed by atoms with van der Waals surface area (Å²) in [5, 5.41) is 11.1. The highest BCUT2D eigenvalue weighted by Gasteiger charge is 2.01. The van der Waals surface area contributed by atoms with E-state index in [2.05, 4.69) is 5.32 Å². The lowest BCUT2D eigenvalue weighted by atomic mass is 10.3. The quantitative estimate of drug-likeness (QED) is 0.751. The number of nitriles is 1. The third-order valence-electron chi connectivity index (χ3n) is 1.71. The molecule has 0 spiro atoms. The molecule has 0 aliphatic heterocycles. The Morgan fingerprint density at radius 3 is 2.71 bits per heavy atom. The fourth-order valence-corrected chi connectivity index (χ4v) is 1.01. The number of halogens is 2. The Hall–Kier alpha value is -1.63. The van der Waals surface area contributed by atoms with Crippen LogP contribution in [-0.2, 0) is 0 Å². The first-order valence-corrected chi connectivity index (χ1v) is 4.30. The van der Waals surface area contributed by atoms with Crippen molar-refractivity contribution in [2.24, 2.45) is 0 Å². The van der Waals surface area contributed by atoms with E-state index < -0.39 is 11.6 Å². The molecule has 1 N–H and O–H groups in total. The SMILES string of the molecule is N#CCCCNc1ccc(F)c(F)c1. The highest BCUT2D eigenvalue weighted by Crippen LogP contribution is 2.12. The van der Waals surface area contributed by atoms with Crippen LogP contribution in [0.4, 0.5) is 14.5 Å². The van der Waals surface area contributed by atoms with Gasteiger partial charge in [0.05, 0.1) is 6.07 Å². The first-order chi connectivity index (χ1) is 6.74. The van der Waals surface area contributed by atoms with Crippen molar-refractivity contribution in [1.29, 1.82) is 5.26 Å². The molecule has 0 bridgehead atoms. The van der Waals surface area contributed by atoms with Crippen molar-refractivity contribution in [3.8, 4) is 6.07 Å². The number of unbranched alkanes of at least 4 members (excludes halogenated alkanes) is 1. The minimum atomic E-state index is -0.865. The second kappa shape index (κ2) is 5.18. The molecule has 1 aromatic carbocycles. The standard InChI is InChI=1S/C10H10F2N2/c11-9-4-3-8(7-10(9)12)14-6-2-1-5-13/h3-4,7,14H,1-2,6H2. The lowest BCUT2D eigenvalue weighted by Crippen LogP contribution is -2.01. The highest BCUT2D eigenvalue weighted by atomic mass is 19.2. The maximum absolute atomic E-state index is 12.7. The Bertz CT molecular complexity index is 344. The lowest BCUT2D eigenvalue weighted by molar-refractivity contribution is 0.509. The molecule has 0 heterocycles. The summed E-state index contributed by atoms with van der Waals surface area (Å²) in [7, 11) is 0. The van der Waals surface area contributed by atoms with Gasteiger partial charge in [-0.15, -0.1) is 0 Å². The molecule has 2 nitrogen and oxygen atoms in total. The zero-order chi connectivity index (χ0) is 10.4. The Kier molecular flexibility index (Phi) is 3.86. The summed E-state index contributed by atoms with van der Waals surface area (Å²) in [5.74, 6) is -1.72. The molecule has 0 fully saturated rings. The van der Waals surface area contributed by atoms with Gasteiger partial charge in [-0.05, 0) is 24.6 Å². The van der Waals surface area contributed by atoms with Crippen molar-refractivity contribution in [2.45, 2.75) is 12.8 Å². The number of benzene rings is 1. The molecule has 1 aromatic rings. The Labute approximate surface area is 81.2 Å². The summed E-state index contributed by atoms with van der Waals surface area (Å²) in [5.41, 5.74) is 0.529. The van der Waals surface area contributed by atoms with Crippen molar-refractivity contribution in [1.82, 2.24) is 0 Å². The summed E-state index contributed by atoms with van der Waals surface area (Å²) < 4.78 is 25.2. The third-order valence-corrected chi connectivity index (χ3v) is 1.71. The van der Waals surface area contributed by atoms with Gasteiger partial charge in [-0.2, -0.15) is 5.26 Å². The summed E-state index contributed by atoms with van der Waals surface area (Å²) in [6.07, 6.45) is 1.15. The van der Waals surface area contributed by atoms with Crippen LogP contribution in [0.3, 0.4) is 0 Å². The molecule has 0 saturated carbocycles. The van der Waals surface area contributed by atoms with E-state index in [1.807, 2.05) is 6.07 Å². The number of hydrogen-bond donors (Lipinski definition) is 1. The highest BCUT2D eigenvalue weighted by molar-refractivity contribution is 5.43. The molecule has 14 heavy (non-hydrogen) atoms. The second-order valence-electron chi connectivity index (χ2n) is 2.82. The zero-order valence-corrected chi connectivity index (χ0v) is 7.56. The fraction of sp³-hybridized carbons (Fsp3) is 0.300. The smallest absolute Gasteiger partial charge is 0.160 e. The maximum Gasteiger partial charge on any atom is 0.160 e. The van der Waals surface area contributed by atoms with Crippen LogP contribution in [-0.4, -0.2) is 6.54 Å². The molecule has 0 aliphatic carbocycles. The summed E-state index contributed by atoms with van der Waals surface area (Å²) in [6, 6.07) is 5.63. The van der Waals surface area contributed by atoms with Crippen LogP contribution in [0.25, 0.3) is 0 Å². The minimum absolute atomic E-state index is 0.455. The van der Waals surface area contributed by atoms with Gasteiger partial charge >= 0.3 is 0 Å². The maximum atomic E-state index is 12.7. The molecule has 0 aliphatic rings. The average Bonchev–Trinajstić information content (AvgIpc) is 2.18. The van der Waals surface area contributed by atoms with Crippen LogP contribution in [0.2, 0.25) is 0 Å². The molecule has 0 atom stereocenters. The largest absolute Gasteiger partial charge is 0.385 e. The predicted octanol–water partition coefficient (Wildman–Crippen LogP) is 2.68. The monoisotopic (exact) mass is 196 g/mol. The minimum Gasteiger partial charge on any atom is -0.385 e. The Balaban J connectivity index is 2.44. The first-order valence-electron chi connectivity index (χ1n) is 4.30. The molecule has 0 unspecified atom stereocenters. The Morgan fingerprint density at radius 1 is 1.29 bits per heavy atom. The van der Waals surface area contributed by atoms with Crippen LogP contribution in [0.15, 0.2) is 18.2 Å². The molecule has 74 valence electrons. The number of nitrogens with one attached hydrogen (secondary N) is 1. The topological polar surface area (TPSA) is 35.8 Å². The van der Waals surface area contributed by atoms with Gasteiger partial charge in [0.15, 0.2) is 11.6 Å². The first kappa shape index (κ1) is 10.5. The predicted molar refractivity (Wildman–Crippen MR) is 49.7 cm³/mol. The van der Waals surface area contributed by atoms with Gasteiger partial charge in [0, 0.05) is 18.7 Å². The van der Waals surface area contributed by atoms with Crippen molar-refractivity contribution in [3.05, 3.63) is 29.8 Å². The lowest BCUT2D eigenvalue weighted by Gasteiger charge is -2.04. The van der Waals surface area contributed by atoms with E-state index in [4.69, 9.17) is 5.26 Å². The average molecular weight is 196 g/mol. The molecular formula is C10H10F2N2. The number of anilines is 1. The van der Waals surface area contributed by atoms with Crippen molar-refractivity contribution in [2.75, 3.05) is 11.9 Å². The molecule has 0 radical (unpaired) electrons. The van der Waals surface area contributed by atoms with Crippen LogP contribution in [0.5, 0.6) is 0 Å². The van der Waals surface area contributed by atoms with Crippen LogP contribution in [0, 0.1) is 23.0 Å². The molecule has 4 heteroatoms. The zero-order valence-electron chi connectivity index (χ0n) is 7.56. The number of hydrogen-bond acceptors (Lipinski definition) is 2. The molecule has 0 saturated heterocycles. The number of rotatable bonds is 4. The van der Waals surface area contributed by atoms with E-state index in [0.717, 1.165) is 12.1 Å². The third kappa shape index (κ3) is 3.02. The van der Waals surface area contributed by atoms with Gasteiger partial charge in [0.1, 0.15) is 0 Å². The molecular weight excluding hydrogens is 186 g/mol. The van der Waals surface area contributed by atoms with Crippen LogP contribution in [0.1, 0.15) is 12.8 Å². The van der Waals surface area contributed by atoms with E-state index in [1.165, 1.54) is 6.07 Å². The van der Waals surface area contributed by atoms with Gasteiger partial charge in [-0.3, -0.25) is 0 Å². The molecule has 0 aromatic heterocycles. The van der Waals surface area contributed by atoms with E-state index in [-0.39, 0.29) is 0 Å².